The summed E-state index contributed by atoms with van der Waals surface area (Å²) in [5.41, 5.74) is 6.33. The summed E-state index contributed by atoms with van der Waals surface area (Å²) in [4.78, 5) is 1.83. The number of aliphatic hydroxyl groups excluding tert-OH is 2. The molecule has 0 radical (unpaired) electrons. The average molecular weight is 253 g/mol. The number of hydrogen-bond donors (Lipinski definition) is 4. The highest BCUT2D eigenvalue weighted by atomic mass is 19.1. The Kier molecular flexibility index (Phi) is 3.60. The van der Waals surface area contributed by atoms with Crippen LogP contribution in [0, 0.1) is 11.2 Å². The molecule has 1 aliphatic rings. The molecule has 5 nitrogen and oxygen atoms in total. The monoisotopic (exact) mass is 253 g/mol. The lowest BCUT2D eigenvalue weighted by molar-refractivity contribution is 0.0572. The third kappa shape index (κ3) is 2.84. The van der Waals surface area contributed by atoms with Crippen molar-refractivity contribution in [2.24, 2.45) is 5.73 Å². The molecule has 1 fully saturated rings. The van der Waals surface area contributed by atoms with Gasteiger partial charge in [-0.1, -0.05) is 0 Å². The van der Waals surface area contributed by atoms with Crippen molar-refractivity contribution in [2.75, 3.05) is 13.1 Å². The van der Waals surface area contributed by atoms with Crippen LogP contribution in [0.25, 0.3) is 0 Å². The second-order valence-electron chi connectivity index (χ2n) is 4.59. The van der Waals surface area contributed by atoms with Gasteiger partial charge in [0.25, 0.3) is 0 Å². The van der Waals surface area contributed by atoms with Gasteiger partial charge in [-0.2, -0.15) is 0 Å². The lowest BCUT2D eigenvalue weighted by Crippen LogP contribution is -2.22. The molecule has 1 aromatic carbocycles. The van der Waals surface area contributed by atoms with E-state index in [9.17, 15) is 14.6 Å². The molecule has 1 aromatic rings. The van der Waals surface area contributed by atoms with Crippen LogP contribution in [0.1, 0.15) is 11.1 Å². The van der Waals surface area contributed by atoms with E-state index in [0.717, 1.165) is 0 Å². The molecule has 1 saturated heterocycles. The van der Waals surface area contributed by atoms with Gasteiger partial charge in [0, 0.05) is 25.2 Å². The van der Waals surface area contributed by atoms with Crippen LogP contribution >= 0.6 is 0 Å². The van der Waals surface area contributed by atoms with E-state index in [0.29, 0.717) is 30.8 Å². The molecule has 1 heterocycles. The number of halogens is 1. The second kappa shape index (κ2) is 5.01. The van der Waals surface area contributed by atoms with Crippen LogP contribution in [-0.4, -0.2) is 46.2 Å². The van der Waals surface area contributed by atoms with E-state index >= 15 is 0 Å². The van der Waals surface area contributed by atoms with Gasteiger partial charge in [0.15, 0.2) is 0 Å². The molecule has 98 valence electrons. The van der Waals surface area contributed by atoms with E-state index in [1.807, 2.05) is 4.90 Å². The number of β-amino-alcohol motifs (C(OH)–C–C–N with tert-alkyl or cyclic N) is 2. The molecule has 18 heavy (non-hydrogen) atoms. The molecule has 0 aromatic heterocycles. The van der Waals surface area contributed by atoms with Gasteiger partial charge in [-0.05, 0) is 23.8 Å². The lowest BCUT2D eigenvalue weighted by atomic mass is 10.1. The maximum absolute atomic E-state index is 13.3. The van der Waals surface area contributed by atoms with Crippen LogP contribution in [0.4, 0.5) is 4.39 Å². The van der Waals surface area contributed by atoms with Gasteiger partial charge >= 0.3 is 0 Å². The molecule has 0 aliphatic carbocycles. The van der Waals surface area contributed by atoms with Crippen molar-refractivity contribution in [3.05, 3.63) is 35.1 Å². The molecule has 0 amide bonds. The van der Waals surface area contributed by atoms with Crippen LogP contribution in [0.5, 0.6) is 0 Å². The lowest BCUT2D eigenvalue weighted by Gasteiger charge is -2.15. The summed E-state index contributed by atoms with van der Waals surface area (Å²) in [6.45, 7) is 1.12. The highest BCUT2D eigenvalue weighted by molar-refractivity contribution is 5.95. The zero-order valence-electron chi connectivity index (χ0n) is 9.81. The highest BCUT2D eigenvalue weighted by Crippen LogP contribution is 2.16. The van der Waals surface area contributed by atoms with Gasteiger partial charge in [0.2, 0.25) is 0 Å². The number of nitrogens with two attached hydrogens (primary N) is 1. The van der Waals surface area contributed by atoms with Crippen molar-refractivity contribution >= 4 is 5.84 Å². The van der Waals surface area contributed by atoms with Crippen LogP contribution in [-0.2, 0) is 6.54 Å². The topological polar surface area (TPSA) is 93.6 Å². The van der Waals surface area contributed by atoms with Gasteiger partial charge in [-0.25, -0.2) is 4.39 Å². The molecule has 1 aliphatic heterocycles. The first-order valence-corrected chi connectivity index (χ1v) is 5.68. The highest BCUT2D eigenvalue weighted by Gasteiger charge is 2.29. The summed E-state index contributed by atoms with van der Waals surface area (Å²) in [6.07, 6.45) is -1.52. The van der Waals surface area contributed by atoms with E-state index in [4.69, 9.17) is 11.1 Å². The maximum Gasteiger partial charge on any atom is 0.124 e. The number of aliphatic hydroxyl groups is 2. The van der Waals surface area contributed by atoms with Gasteiger partial charge in [-0.15, -0.1) is 0 Å². The van der Waals surface area contributed by atoms with Crippen molar-refractivity contribution in [1.82, 2.24) is 4.90 Å². The number of nitrogen functional groups attached to an aromatic ring is 1. The fourth-order valence-electron chi connectivity index (χ4n) is 2.13. The van der Waals surface area contributed by atoms with Crippen molar-refractivity contribution in [3.8, 4) is 0 Å². The smallest absolute Gasteiger partial charge is 0.124 e. The minimum atomic E-state index is -0.758. The molecule has 0 spiro atoms. The third-order valence-electron chi connectivity index (χ3n) is 3.01. The number of benzene rings is 1. The second-order valence-corrected chi connectivity index (χ2v) is 4.59. The van der Waals surface area contributed by atoms with Crippen LogP contribution < -0.4 is 5.73 Å². The predicted molar refractivity (Wildman–Crippen MR) is 64.7 cm³/mol. The van der Waals surface area contributed by atoms with Crippen LogP contribution in [0.15, 0.2) is 18.2 Å². The number of nitrogens with zero attached hydrogens (tertiary/aromatic N) is 1. The summed E-state index contributed by atoms with van der Waals surface area (Å²) in [7, 11) is 0. The Balaban J connectivity index is 2.12. The molecule has 5 N–H and O–H groups in total. The first-order valence-electron chi connectivity index (χ1n) is 5.68. The standard InChI is InChI=1S/C12H16FN3O2/c13-9-2-7(1-8(3-9)12(14)15)4-16-5-10(17)11(18)6-16/h1-3,10-11,17-18H,4-6H2,(H3,14,15). The average Bonchev–Trinajstić information content (AvgIpc) is 2.56. The summed E-state index contributed by atoms with van der Waals surface area (Å²) < 4.78 is 13.3. The van der Waals surface area contributed by atoms with E-state index < -0.39 is 18.0 Å². The van der Waals surface area contributed by atoms with Crippen molar-refractivity contribution in [1.29, 1.82) is 5.41 Å². The van der Waals surface area contributed by atoms with Crippen molar-refractivity contribution in [2.45, 2.75) is 18.8 Å². The van der Waals surface area contributed by atoms with Crippen molar-refractivity contribution < 1.29 is 14.6 Å². The zero-order valence-corrected chi connectivity index (χ0v) is 9.81. The summed E-state index contributed by atoms with van der Waals surface area (Å²) in [5, 5.41) is 26.1. The maximum atomic E-state index is 13.3. The Morgan fingerprint density at radius 3 is 2.50 bits per heavy atom. The van der Waals surface area contributed by atoms with Gasteiger partial charge in [-0.3, -0.25) is 10.3 Å². The molecule has 0 bridgehead atoms. The van der Waals surface area contributed by atoms with E-state index in [1.165, 1.54) is 12.1 Å². The minimum absolute atomic E-state index is 0.183. The summed E-state index contributed by atoms with van der Waals surface area (Å²) in [6, 6.07) is 4.21. The Labute approximate surface area is 104 Å². The number of rotatable bonds is 3. The Morgan fingerprint density at radius 2 is 1.94 bits per heavy atom. The van der Waals surface area contributed by atoms with E-state index in [1.54, 1.807) is 6.07 Å². The molecule has 2 unspecified atom stereocenters. The Hall–Kier alpha value is -1.50. The fourth-order valence-corrected chi connectivity index (χ4v) is 2.13. The SMILES string of the molecule is N=C(N)c1cc(F)cc(CN2CC(O)C(O)C2)c1. The number of hydrogen-bond acceptors (Lipinski definition) is 4. The number of amidine groups is 1. The van der Waals surface area contributed by atoms with Gasteiger partial charge in [0.1, 0.15) is 11.7 Å². The fraction of sp³-hybridized carbons (Fsp3) is 0.417. The largest absolute Gasteiger partial charge is 0.389 e. The molecular weight excluding hydrogens is 237 g/mol. The zero-order chi connectivity index (χ0) is 13.3. The Bertz CT molecular complexity index is 457. The molecular formula is C12H16FN3O2. The first kappa shape index (κ1) is 12.9. The summed E-state index contributed by atoms with van der Waals surface area (Å²) in [5.74, 6) is -0.629. The molecule has 0 saturated carbocycles. The van der Waals surface area contributed by atoms with Crippen molar-refractivity contribution in [3.63, 3.8) is 0 Å². The predicted octanol–water partition coefficient (Wildman–Crippen LogP) is -0.353. The third-order valence-corrected chi connectivity index (χ3v) is 3.01. The molecule has 6 heteroatoms. The first-order chi connectivity index (χ1) is 8.45. The van der Waals surface area contributed by atoms with Crippen LogP contribution in [0.3, 0.4) is 0 Å². The van der Waals surface area contributed by atoms with Crippen LogP contribution in [0.2, 0.25) is 0 Å². The van der Waals surface area contributed by atoms with E-state index in [-0.39, 0.29) is 5.84 Å². The number of nitrogens with one attached hydrogen (secondary N) is 1. The number of likely N-dealkylation sites (tertiary alicyclic amines) is 1. The van der Waals surface area contributed by atoms with E-state index in [2.05, 4.69) is 0 Å². The molecule has 2 rings (SSSR count). The normalized spacial score (nSPS) is 24.4. The van der Waals surface area contributed by atoms with Gasteiger partial charge < -0.3 is 15.9 Å². The molecule has 2 atom stereocenters. The van der Waals surface area contributed by atoms with Gasteiger partial charge in [0.05, 0.1) is 12.2 Å². The Morgan fingerprint density at radius 1 is 1.33 bits per heavy atom. The minimum Gasteiger partial charge on any atom is -0.389 e. The quantitative estimate of drug-likeness (QED) is 0.437. The summed E-state index contributed by atoms with van der Waals surface area (Å²) >= 11 is 0.